The zero-order chi connectivity index (χ0) is 20.9. The maximum absolute atomic E-state index is 11.3. The molecule has 1 atom stereocenters. The Hall–Kier alpha value is -2.61. The van der Waals surface area contributed by atoms with E-state index in [1.54, 1.807) is 11.1 Å². The maximum Gasteiger partial charge on any atom is 0.407 e. The number of carboxylic acid groups (broad SMARTS) is 1. The third-order valence-corrected chi connectivity index (χ3v) is 6.28. The van der Waals surface area contributed by atoms with Gasteiger partial charge in [-0.15, -0.1) is 0 Å². The largest absolute Gasteiger partial charge is 0.469 e. The van der Waals surface area contributed by atoms with Crippen LogP contribution in [0.3, 0.4) is 0 Å². The molecule has 1 unspecified atom stereocenters. The van der Waals surface area contributed by atoms with Crippen LogP contribution in [0.15, 0.2) is 28.9 Å². The summed E-state index contributed by atoms with van der Waals surface area (Å²) in [4.78, 5) is 19.8. The number of amides is 1. The first-order valence-electron chi connectivity index (χ1n) is 10.8. The molecule has 8 heteroatoms. The van der Waals surface area contributed by atoms with Gasteiger partial charge >= 0.3 is 6.09 Å². The van der Waals surface area contributed by atoms with Gasteiger partial charge in [-0.1, -0.05) is 11.2 Å². The van der Waals surface area contributed by atoms with Crippen molar-refractivity contribution in [2.24, 2.45) is 0 Å². The molecule has 0 aromatic carbocycles. The molecule has 0 radical (unpaired) electrons. The van der Waals surface area contributed by atoms with Gasteiger partial charge in [0.15, 0.2) is 12.4 Å². The first kappa shape index (κ1) is 20.7. The molecule has 2 fully saturated rings. The van der Waals surface area contributed by atoms with E-state index in [4.69, 9.17) is 9.26 Å². The number of hydrogen-bond donors (Lipinski definition) is 1. The second-order valence-corrected chi connectivity index (χ2v) is 8.29. The van der Waals surface area contributed by atoms with E-state index in [1.807, 2.05) is 19.1 Å². The number of hydrogen-bond acceptors (Lipinski definition) is 6. The van der Waals surface area contributed by atoms with Gasteiger partial charge in [0.1, 0.15) is 0 Å². The Morgan fingerprint density at radius 2 is 2.07 bits per heavy atom. The Morgan fingerprint density at radius 1 is 1.23 bits per heavy atom. The van der Waals surface area contributed by atoms with Crippen molar-refractivity contribution in [2.75, 3.05) is 26.2 Å². The van der Waals surface area contributed by atoms with E-state index in [2.05, 4.69) is 21.1 Å². The highest BCUT2D eigenvalue weighted by molar-refractivity contribution is 5.64. The summed E-state index contributed by atoms with van der Waals surface area (Å²) in [7, 11) is 0. The van der Waals surface area contributed by atoms with Crippen LogP contribution in [0, 0.1) is 6.92 Å². The van der Waals surface area contributed by atoms with Crippen molar-refractivity contribution in [3.63, 3.8) is 0 Å². The minimum Gasteiger partial charge on any atom is -0.469 e. The molecule has 2 aliphatic rings. The van der Waals surface area contributed by atoms with Gasteiger partial charge in [0.25, 0.3) is 0 Å². The molecule has 4 heterocycles. The number of carbonyl (C=O) groups is 1. The van der Waals surface area contributed by atoms with E-state index < -0.39 is 6.09 Å². The van der Waals surface area contributed by atoms with Crippen LogP contribution in [-0.4, -0.2) is 63.4 Å². The quantitative estimate of drug-likeness (QED) is 0.798. The molecule has 8 nitrogen and oxygen atoms in total. The highest BCUT2D eigenvalue weighted by Crippen LogP contribution is 2.34. The average Bonchev–Trinajstić information content (AvgIpc) is 3.02. The van der Waals surface area contributed by atoms with Crippen molar-refractivity contribution in [1.29, 1.82) is 0 Å². The van der Waals surface area contributed by atoms with Crippen LogP contribution >= 0.6 is 0 Å². The summed E-state index contributed by atoms with van der Waals surface area (Å²) in [6.07, 6.45) is 6.03. The Labute approximate surface area is 176 Å². The molecule has 1 N–H and O–H groups in total. The number of ether oxygens (including phenoxy) is 1. The summed E-state index contributed by atoms with van der Waals surface area (Å²) in [6, 6.07) is 6.44. The molecule has 4 rings (SSSR count). The standard InChI is InChI=1S/C22H30N4O4/c1-16-14-19(30-24-16)15-29-21-20(5-2-9-23-21)17-6-11-25(12-7-17)18-4-3-10-26(13-8-18)22(27)28/h2,5,9,14,17-18H,3-4,6-8,10-13,15H2,1H3,(H,27,28). The van der Waals surface area contributed by atoms with E-state index >= 15 is 0 Å². The minimum absolute atomic E-state index is 0.325. The van der Waals surface area contributed by atoms with Gasteiger partial charge < -0.3 is 24.2 Å². The van der Waals surface area contributed by atoms with Crippen molar-refractivity contribution in [1.82, 2.24) is 19.9 Å². The third kappa shape index (κ3) is 4.92. The van der Waals surface area contributed by atoms with Gasteiger partial charge in [0, 0.05) is 37.0 Å². The number of aryl methyl sites for hydroxylation is 1. The summed E-state index contributed by atoms with van der Waals surface area (Å²) >= 11 is 0. The highest BCUT2D eigenvalue weighted by Gasteiger charge is 2.29. The number of pyridine rings is 1. The molecule has 0 saturated carbocycles. The lowest BCUT2D eigenvalue weighted by Gasteiger charge is -2.37. The lowest BCUT2D eigenvalue weighted by Crippen LogP contribution is -2.41. The third-order valence-electron chi connectivity index (χ3n) is 6.28. The van der Waals surface area contributed by atoms with Gasteiger partial charge in [-0.05, 0) is 64.1 Å². The first-order chi connectivity index (χ1) is 14.6. The second kappa shape index (κ2) is 9.47. The fourth-order valence-corrected chi connectivity index (χ4v) is 4.67. The predicted molar refractivity (Wildman–Crippen MR) is 111 cm³/mol. The van der Waals surface area contributed by atoms with Crippen molar-refractivity contribution in [3.05, 3.63) is 41.4 Å². The lowest BCUT2D eigenvalue weighted by atomic mass is 9.89. The fourth-order valence-electron chi connectivity index (χ4n) is 4.67. The van der Waals surface area contributed by atoms with Crippen molar-refractivity contribution in [2.45, 2.75) is 57.6 Å². The smallest absolute Gasteiger partial charge is 0.407 e. The molecular weight excluding hydrogens is 384 g/mol. The average molecular weight is 415 g/mol. The monoisotopic (exact) mass is 414 g/mol. The van der Waals surface area contributed by atoms with Crippen molar-refractivity contribution in [3.8, 4) is 5.88 Å². The van der Waals surface area contributed by atoms with Crippen LogP contribution in [0.2, 0.25) is 0 Å². The van der Waals surface area contributed by atoms with E-state index in [1.165, 1.54) is 0 Å². The van der Waals surface area contributed by atoms with Gasteiger partial charge in [0.05, 0.1) is 5.69 Å². The molecule has 2 aromatic heterocycles. The van der Waals surface area contributed by atoms with Gasteiger partial charge in [-0.2, -0.15) is 0 Å². The molecule has 162 valence electrons. The molecule has 2 aliphatic heterocycles. The molecule has 1 amide bonds. The second-order valence-electron chi connectivity index (χ2n) is 8.29. The van der Waals surface area contributed by atoms with Crippen molar-refractivity contribution >= 4 is 6.09 Å². The molecule has 2 aromatic rings. The van der Waals surface area contributed by atoms with E-state index in [9.17, 15) is 9.90 Å². The Kier molecular flexibility index (Phi) is 6.52. The van der Waals surface area contributed by atoms with Crippen LogP contribution in [0.1, 0.15) is 55.0 Å². The van der Waals surface area contributed by atoms with Gasteiger partial charge in [-0.3, -0.25) is 0 Å². The molecule has 30 heavy (non-hydrogen) atoms. The van der Waals surface area contributed by atoms with Gasteiger partial charge in [0.2, 0.25) is 5.88 Å². The number of aromatic nitrogens is 2. The van der Waals surface area contributed by atoms with Crippen LogP contribution < -0.4 is 4.74 Å². The number of nitrogens with zero attached hydrogens (tertiary/aromatic N) is 4. The van der Waals surface area contributed by atoms with Crippen LogP contribution in [0.25, 0.3) is 0 Å². The molecule has 0 bridgehead atoms. The molecule has 0 spiro atoms. The molecule has 2 saturated heterocycles. The zero-order valence-corrected chi connectivity index (χ0v) is 17.5. The van der Waals surface area contributed by atoms with E-state index in [-0.39, 0.29) is 0 Å². The highest BCUT2D eigenvalue weighted by atomic mass is 16.5. The van der Waals surface area contributed by atoms with Gasteiger partial charge in [-0.25, -0.2) is 9.78 Å². The maximum atomic E-state index is 11.3. The Bertz CT molecular complexity index is 847. The SMILES string of the molecule is Cc1cc(COc2ncccc2C2CCN(C3CCCN(C(=O)O)CC3)CC2)on1. The summed E-state index contributed by atoms with van der Waals surface area (Å²) in [5.74, 6) is 1.79. The predicted octanol–water partition coefficient (Wildman–Crippen LogP) is 3.67. The van der Waals surface area contributed by atoms with Crippen LogP contribution in [0.4, 0.5) is 4.79 Å². The molecular formula is C22H30N4O4. The summed E-state index contributed by atoms with van der Waals surface area (Å²) in [6.45, 7) is 5.56. The summed E-state index contributed by atoms with van der Waals surface area (Å²) < 4.78 is 11.2. The molecule has 0 aliphatic carbocycles. The topological polar surface area (TPSA) is 91.9 Å². The number of likely N-dealkylation sites (tertiary alicyclic amines) is 2. The normalized spacial score (nSPS) is 21.4. The Balaban J connectivity index is 1.33. The minimum atomic E-state index is -0.793. The van der Waals surface area contributed by atoms with Crippen molar-refractivity contribution < 1.29 is 19.2 Å². The number of rotatable bonds is 5. The summed E-state index contributed by atoms with van der Waals surface area (Å²) in [5, 5.41) is 13.1. The van der Waals surface area contributed by atoms with Crippen LogP contribution in [0.5, 0.6) is 5.88 Å². The first-order valence-corrected chi connectivity index (χ1v) is 10.8. The lowest BCUT2D eigenvalue weighted by molar-refractivity contribution is 0.130. The Morgan fingerprint density at radius 3 is 2.80 bits per heavy atom. The summed E-state index contributed by atoms with van der Waals surface area (Å²) in [5.41, 5.74) is 2.00. The zero-order valence-electron chi connectivity index (χ0n) is 17.5. The van der Waals surface area contributed by atoms with Crippen LogP contribution in [-0.2, 0) is 6.61 Å². The fraction of sp³-hybridized carbons (Fsp3) is 0.591. The van der Waals surface area contributed by atoms with E-state index in [0.717, 1.165) is 56.5 Å². The number of piperidine rings is 1. The van der Waals surface area contributed by atoms with E-state index in [0.29, 0.717) is 43.3 Å².